The van der Waals surface area contributed by atoms with E-state index < -0.39 is 5.60 Å². The first kappa shape index (κ1) is 12.4. The number of benzene rings is 1. The molecular weight excluding hydrogens is 305 g/mol. The Balaban J connectivity index is 2.66. The van der Waals surface area contributed by atoms with Gasteiger partial charge >= 0.3 is 0 Å². The highest BCUT2D eigenvalue weighted by Crippen LogP contribution is 2.11. The molecule has 0 saturated carbocycles. The normalized spacial score (nSPS) is 11.2. The van der Waals surface area contributed by atoms with Gasteiger partial charge in [-0.1, -0.05) is 12.1 Å². The Morgan fingerprint density at radius 2 is 2.07 bits per heavy atom. The van der Waals surface area contributed by atoms with Crippen LogP contribution < -0.4 is 5.32 Å². The number of aliphatic hydroxyl groups is 1. The maximum atomic E-state index is 11.7. The summed E-state index contributed by atoms with van der Waals surface area (Å²) in [5.74, 6) is -0.151. The molecule has 0 aliphatic carbocycles. The van der Waals surface area contributed by atoms with Crippen molar-refractivity contribution in [3.05, 3.63) is 33.4 Å². The van der Waals surface area contributed by atoms with Crippen LogP contribution in [0.4, 0.5) is 0 Å². The lowest BCUT2D eigenvalue weighted by molar-refractivity contribution is 0.0694. The summed E-state index contributed by atoms with van der Waals surface area (Å²) in [6.07, 6.45) is 0. The summed E-state index contributed by atoms with van der Waals surface area (Å²) >= 11 is 2.11. The number of carbonyl (C=O) groups is 1. The van der Waals surface area contributed by atoms with Crippen LogP contribution in [0.3, 0.4) is 0 Å². The van der Waals surface area contributed by atoms with Crippen molar-refractivity contribution in [2.24, 2.45) is 0 Å². The van der Waals surface area contributed by atoms with E-state index in [1.165, 1.54) is 0 Å². The molecule has 0 spiro atoms. The van der Waals surface area contributed by atoms with Gasteiger partial charge in [-0.15, -0.1) is 0 Å². The largest absolute Gasteiger partial charge is 0.389 e. The van der Waals surface area contributed by atoms with Gasteiger partial charge in [-0.05, 0) is 48.6 Å². The first-order chi connectivity index (χ1) is 6.90. The molecule has 0 aromatic heterocycles. The molecule has 0 radical (unpaired) electrons. The number of amides is 1. The third kappa shape index (κ3) is 4.17. The average Bonchev–Trinajstić information content (AvgIpc) is 2.14. The molecule has 2 N–H and O–H groups in total. The number of nitrogens with one attached hydrogen (secondary N) is 1. The van der Waals surface area contributed by atoms with Crippen LogP contribution in [0, 0.1) is 3.57 Å². The zero-order valence-electron chi connectivity index (χ0n) is 8.75. The van der Waals surface area contributed by atoms with Gasteiger partial charge in [0.1, 0.15) is 0 Å². The Morgan fingerprint density at radius 1 is 1.47 bits per heavy atom. The van der Waals surface area contributed by atoms with Gasteiger partial charge in [0.05, 0.1) is 11.2 Å². The molecule has 15 heavy (non-hydrogen) atoms. The maximum Gasteiger partial charge on any atom is 0.252 e. The van der Waals surface area contributed by atoms with Crippen LogP contribution in [0.2, 0.25) is 0 Å². The molecule has 0 aliphatic heterocycles. The summed E-state index contributed by atoms with van der Waals surface area (Å²) in [5.41, 5.74) is -0.238. The van der Waals surface area contributed by atoms with E-state index in [0.29, 0.717) is 5.56 Å². The molecule has 4 heteroatoms. The highest BCUT2D eigenvalue weighted by molar-refractivity contribution is 14.1. The topological polar surface area (TPSA) is 49.3 Å². The van der Waals surface area contributed by atoms with Crippen molar-refractivity contribution in [3.8, 4) is 0 Å². The first-order valence-corrected chi connectivity index (χ1v) is 5.73. The Kier molecular flexibility index (Phi) is 4.10. The second-order valence-electron chi connectivity index (χ2n) is 3.97. The molecule has 1 amide bonds. The van der Waals surface area contributed by atoms with Gasteiger partial charge in [-0.25, -0.2) is 0 Å². The van der Waals surface area contributed by atoms with E-state index in [1.807, 2.05) is 18.2 Å². The molecule has 1 aromatic rings. The minimum absolute atomic E-state index is 0.151. The zero-order valence-corrected chi connectivity index (χ0v) is 10.9. The van der Waals surface area contributed by atoms with Gasteiger partial charge < -0.3 is 10.4 Å². The molecule has 3 nitrogen and oxygen atoms in total. The van der Waals surface area contributed by atoms with Crippen molar-refractivity contribution in [2.45, 2.75) is 19.4 Å². The SMILES string of the molecule is CC(C)(O)CNC(=O)c1ccccc1I. The van der Waals surface area contributed by atoms with Crippen LogP contribution in [0.15, 0.2) is 24.3 Å². The van der Waals surface area contributed by atoms with Crippen molar-refractivity contribution in [2.75, 3.05) is 6.54 Å². The van der Waals surface area contributed by atoms with E-state index in [9.17, 15) is 9.90 Å². The van der Waals surface area contributed by atoms with E-state index in [1.54, 1.807) is 19.9 Å². The number of hydrogen-bond acceptors (Lipinski definition) is 2. The maximum absolute atomic E-state index is 11.7. The van der Waals surface area contributed by atoms with Crippen LogP contribution in [-0.4, -0.2) is 23.2 Å². The highest BCUT2D eigenvalue weighted by atomic mass is 127. The summed E-state index contributed by atoms with van der Waals surface area (Å²) < 4.78 is 0.906. The van der Waals surface area contributed by atoms with Gasteiger partial charge in [-0.3, -0.25) is 4.79 Å². The fourth-order valence-electron chi connectivity index (χ4n) is 1.04. The Morgan fingerprint density at radius 3 is 2.60 bits per heavy atom. The summed E-state index contributed by atoms with van der Waals surface area (Å²) in [7, 11) is 0. The van der Waals surface area contributed by atoms with Gasteiger partial charge in [0, 0.05) is 10.1 Å². The number of hydrogen-bond donors (Lipinski definition) is 2. The second kappa shape index (κ2) is 4.94. The molecule has 0 aliphatic rings. The van der Waals surface area contributed by atoms with E-state index in [2.05, 4.69) is 27.9 Å². The standard InChI is InChI=1S/C11H14INO2/c1-11(2,15)7-13-10(14)8-5-3-4-6-9(8)12/h3-6,15H,7H2,1-2H3,(H,13,14). The van der Waals surface area contributed by atoms with Gasteiger partial charge in [-0.2, -0.15) is 0 Å². The Labute approximate surface area is 103 Å². The molecule has 0 heterocycles. The predicted octanol–water partition coefficient (Wildman–Crippen LogP) is 1.79. The van der Waals surface area contributed by atoms with Crippen molar-refractivity contribution in [1.82, 2.24) is 5.32 Å². The highest BCUT2D eigenvalue weighted by Gasteiger charge is 2.15. The predicted molar refractivity (Wildman–Crippen MR) is 67.8 cm³/mol. The fourth-order valence-corrected chi connectivity index (χ4v) is 1.67. The molecule has 1 aromatic carbocycles. The summed E-state index contributed by atoms with van der Waals surface area (Å²) in [5, 5.41) is 12.2. The van der Waals surface area contributed by atoms with Crippen LogP contribution in [0.1, 0.15) is 24.2 Å². The Hall–Kier alpha value is -0.620. The van der Waals surface area contributed by atoms with E-state index >= 15 is 0 Å². The lowest BCUT2D eigenvalue weighted by atomic mass is 10.1. The van der Waals surface area contributed by atoms with Crippen LogP contribution in [0.25, 0.3) is 0 Å². The van der Waals surface area contributed by atoms with Crippen molar-refractivity contribution < 1.29 is 9.90 Å². The van der Waals surface area contributed by atoms with Crippen LogP contribution in [0.5, 0.6) is 0 Å². The third-order valence-corrected chi connectivity index (χ3v) is 2.74. The van der Waals surface area contributed by atoms with Gasteiger partial charge in [0.2, 0.25) is 0 Å². The van der Waals surface area contributed by atoms with E-state index in [0.717, 1.165) is 3.57 Å². The number of halogens is 1. The summed E-state index contributed by atoms with van der Waals surface area (Å²) in [4.78, 5) is 11.7. The van der Waals surface area contributed by atoms with E-state index in [-0.39, 0.29) is 12.5 Å². The number of rotatable bonds is 3. The zero-order chi connectivity index (χ0) is 11.5. The molecule has 0 saturated heterocycles. The van der Waals surface area contributed by atoms with Crippen LogP contribution >= 0.6 is 22.6 Å². The minimum Gasteiger partial charge on any atom is -0.389 e. The van der Waals surface area contributed by atoms with Gasteiger partial charge in [0.15, 0.2) is 0 Å². The minimum atomic E-state index is -0.879. The van der Waals surface area contributed by atoms with Crippen LogP contribution in [-0.2, 0) is 0 Å². The van der Waals surface area contributed by atoms with Crippen molar-refractivity contribution >= 4 is 28.5 Å². The smallest absolute Gasteiger partial charge is 0.252 e. The first-order valence-electron chi connectivity index (χ1n) is 4.65. The molecule has 82 valence electrons. The Bertz CT molecular complexity index is 358. The molecular formula is C11H14INO2. The fraction of sp³-hybridized carbons (Fsp3) is 0.364. The quantitative estimate of drug-likeness (QED) is 0.835. The van der Waals surface area contributed by atoms with Crippen molar-refractivity contribution in [1.29, 1.82) is 0 Å². The molecule has 0 fully saturated rings. The number of carbonyl (C=O) groups excluding carboxylic acids is 1. The van der Waals surface area contributed by atoms with E-state index in [4.69, 9.17) is 0 Å². The molecule has 1 rings (SSSR count). The second-order valence-corrected chi connectivity index (χ2v) is 5.14. The molecule has 0 bridgehead atoms. The third-order valence-electron chi connectivity index (χ3n) is 1.80. The van der Waals surface area contributed by atoms with Gasteiger partial charge in [0.25, 0.3) is 5.91 Å². The van der Waals surface area contributed by atoms with Crippen molar-refractivity contribution in [3.63, 3.8) is 0 Å². The average molecular weight is 319 g/mol. The lowest BCUT2D eigenvalue weighted by Crippen LogP contribution is -2.38. The summed E-state index contributed by atoms with van der Waals surface area (Å²) in [6, 6.07) is 7.34. The monoisotopic (exact) mass is 319 g/mol. The lowest BCUT2D eigenvalue weighted by Gasteiger charge is -2.17. The molecule has 0 unspecified atom stereocenters. The molecule has 0 atom stereocenters. The summed E-state index contributed by atoms with van der Waals surface area (Å²) in [6.45, 7) is 3.56.